The zero-order chi connectivity index (χ0) is 12.2. The maximum Gasteiger partial charge on any atom is 0.166 e. The number of anilines is 1. The topological polar surface area (TPSA) is 24.9 Å². The predicted octanol–water partition coefficient (Wildman–Crippen LogP) is 4.25. The van der Waals surface area contributed by atoms with Gasteiger partial charge in [0, 0.05) is 11.7 Å². The van der Waals surface area contributed by atoms with E-state index in [-0.39, 0.29) is 11.4 Å². The van der Waals surface area contributed by atoms with E-state index in [2.05, 4.69) is 31.1 Å². The zero-order valence-corrected chi connectivity index (χ0v) is 10.7. The van der Waals surface area contributed by atoms with Crippen molar-refractivity contribution in [1.29, 1.82) is 0 Å². The molecule has 1 heterocycles. The van der Waals surface area contributed by atoms with Gasteiger partial charge >= 0.3 is 0 Å². The number of halogens is 2. The van der Waals surface area contributed by atoms with E-state index in [9.17, 15) is 4.39 Å². The highest BCUT2D eigenvalue weighted by atomic mass is 35.5. The van der Waals surface area contributed by atoms with E-state index in [1.165, 1.54) is 12.3 Å². The monoisotopic (exact) mass is 244 g/mol. The van der Waals surface area contributed by atoms with Crippen LogP contribution in [-0.2, 0) is 0 Å². The molecule has 4 heteroatoms. The van der Waals surface area contributed by atoms with Crippen LogP contribution >= 0.6 is 11.6 Å². The summed E-state index contributed by atoms with van der Waals surface area (Å²) in [6.07, 6.45) is 4.26. The van der Waals surface area contributed by atoms with Crippen LogP contribution in [0.15, 0.2) is 12.3 Å². The number of pyridine rings is 1. The van der Waals surface area contributed by atoms with E-state index in [1.807, 2.05) is 0 Å². The molecule has 0 aliphatic carbocycles. The molecule has 0 spiro atoms. The Hall–Kier alpha value is -0.830. The Kier molecular flexibility index (Phi) is 4.54. The van der Waals surface area contributed by atoms with Crippen LogP contribution in [0.25, 0.3) is 0 Å². The Balaban J connectivity index is 2.93. The van der Waals surface area contributed by atoms with Crippen LogP contribution < -0.4 is 5.32 Å². The van der Waals surface area contributed by atoms with Crippen molar-refractivity contribution in [2.45, 2.75) is 45.6 Å². The minimum absolute atomic E-state index is 0.0817. The maximum atomic E-state index is 13.6. The second kappa shape index (κ2) is 5.48. The zero-order valence-electron chi connectivity index (χ0n) is 9.98. The predicted molar refractivity (Wildman–Crippen MR) is 66.4 cm³/mol. The smallest absolute Gasteiger partial charge is 0.166 e. The first-order valence-corrected chi connectivity index (χ1v) is 6.04. The van der Waals surface area contributed by atoms with Gasteiger partial charge in [-0.1, -0.05) is 32.4 Å². The first-order chi connectivity index (χ1) is 7.56. The van der Waals surface area contributed by atoms with Crippen molar-refractivity contribution in [2.24, 2.45) is 0 Å². The summed E-state index contributed by atoms with van der Waals surface area (Å²) in [5.74, 6) is -0.109. The molecule has 0 unspecified atom stereocenters. The largest absolute Gasteiger partial charge is 0.362 e. The number of nitrogens with one attached hydrogen (secondary N) is 1. The molecule has 1 aromatic heterocycles. The van der Waals surface area contributed by atoms with Gasteiger partial charge in [0.2, 0.25) is 0 Å². The number of hydrogen-bond acceptors (Lipinski definition) is 2. The van der Waals surface area contributed by atoms with Crippen LogP contribution in [0, 0.1) is 5.82 Å². The average Bonchev–Trinajstić information content (AvgIpc) is 2.29. The molecule has 90 valence electrons. The molecular formula is C12H18ClFN2. The van der Waals surface area contributed by atoms with Gasteiger partial charge in [0.1, 0.15) is 0 Å². The highest BCUT2D eigenvalue weighted by Crippen LogP contribution is 2.26. The minimum Gasteiger partial charge on any atom is -0.362 e. The molecule has 0 radical (unpaired) electrons. The summed E-state index contributed by atoms with van der Waals surface area (Å²) in [6, 6.07) is 1.28. The maximum absolute atomic E-state index is 13.6. The van der Waals surface area contributed by atoms with Crippen LogP contribution in [0.5, 0.6) is 0 Å². The normalized spacial score (nSPS) is 11.6. The van der Waals surface area contributed by atoms with E-state index >= 15 is 0 Å². The summed E-state index contributed by atoms with van der Waals surface area (Å²) in [6.45, 7) is 6.27. The van der Waals surface area contributed by atoms with Crippen LogP contribution in [-0.4, -0.2) is 10.5 Å². The Bertz CT molecular complexity index is 343. The molecule has 2 nitrogen and oxygen atoms in total. The lowest BCUT2D eigenvalue weighted by Crippen LogP contribution is -2.36. The molecule has 1 aromatic rings. The fraction of sp³-hybridized carbons (Fsp3) is 0.583. The van der Waals surface area contributed by atoms with Crippen molar-refractivity contribution in [1.82, 2.24) is 4.98 Å². The van der Waals surface area contributed by atoms with Crippen molar-refractivity contribution in [3.8, 4) is 0 Å². The molecule has 0 fully saturated rings. The summed E-state index contributed by atoms with van der Waals surface area (Å²) in [5.41, 5.74) is -0.0817. The molecule has 1 rings (SSSR count). The molecule has 16 heavy (non-hydrogen) atoms. The third-order valence-corrected chi connectivity index (χ3v) is 3.43. The number of nitrogens with zero attached hydrogens (tertiary/aromatic N) is 1. The molecule has 0 saturated heterocycles. The summed E-state index contributed by atoms with van der Waals surface area (Å²) >= 11 is 5.66. The van der Waals surface area contributed by atoms with Gasteiger partial charge in [-0.2, -0.15) is 0 Å². The minimum atomic E-state index is -0.396. The lowest BCUT2D eigenvalue weighted by Gasteiger charge is -2.32. The third-order valence-electron chi connectivity index (χ3n) is 3.22. The van der Waals surface area contributed by atoms with Crippen molar-refractivity contribution in [3.63, 3.8) is 0 Å². The molecule has 1 N–H and O–H groups in total. The van der Waals surface area contributed by atoms with Crippen LogP contribution in [0.1, 0.15) is 40.0 Å². The van der Waals surface area contributed by atoms with Gasteiger partial charge in [-0.05, 0) is 25.3 Å². The van der Waals surface area contributed by atoms with Crippen molar-refractivity contribution >= 4 is 17.4 Å². The Labute approximate surface area is 101 Å². The van der Waals surface area contributed by atoms with Gasteiger partial charge in [0.15, 0.2) is 11.6 Å². The molecule has 0 saturated carbocycles. The van der Waals surface area contributed by atoms with Crippen LogP contribution in [0.2, 0.25) is 5.02 Å². The Morgan fingerprint density at radius 3 is 2.31 bits per heavy atom. The van der Waals surface area contributed by atoms with Crippen LogP contribution in [0.3, 0.4) is 0 Å². The first-order valence-electron chi connectivity index (χ1n) is 5.66. The van der Waals surface area contributed by atoms with Gasteiger partial charge in [-0.3, -0.25) is 0 Å². The fourth-order valence-corrected chi connectivity index (χ4v) is 1.92. The molecular weight excluding hydrogens is 227 g/mol. The molecule has 0 aliphatic rings. The first kappa shape index (κ1) is 13.2. The second-order valence-electron chi connectivity index (χ2n) is 3.95. The summed E-state index contributed by atoms with van der Waals surface area (Å²) < 4.78 is 13.6. The van der Waals surface area contributed by atoms with E-state index in [4.69, 9.17) is 11.6 Å². The van der Waals surface area contributed by atoms with Gasteiger partial charge in [-0.25, -0.2) is 9.37 Å². The lowest BCUT2D eigenvalue weighted by atomic mass is 9.90. The number of hydrogen-bond donors (Lipinski definition) is 1. The molecule has 0 atom stereocenters. The summed E-state index contributed by atoms with van der Waals surface area (Å²) in [7, 11) is 0. The van der Waals surface area contributed by atoms with E-state index in [0.717, 1.165) is 19.3 Å². The second-order valence-corrected chi connectivity index (χ2v) is 4.39. The molecule has 0 amide bonds. The molecule has 0 bridgehead atoms. The number of rotatable bonds is 5. The lowest BCUT2D eigenvalue weighted by molar-refractivity contribution is 0.415. The quantitative estimate of drug-likeness (QED) is 0.837. The third kappa shape index (κ3) is 2.85. The van der Waals surface area contributed by atoms with Gasteiger partial charge in [0.05, 0.1) is 5.02 Å². The fourth-order valence-electron chi connectivity index (χ4n) is 1.77. The highest BCUT2D eigenvalue weighted by molar-refractivity contribution is 6.30. The molecule has 0 aromatic carbocycles. The molecule has 0 aliphatic heterocycles. The van der Waals surface area contributed by atoms with E-state index < -0.39 is 5.82 Å². The van der Waals surface area contributed by atoms with Crippen molar-refractivity contribution < 1.29 is 4.39 Å². The van der Waals surface area contributed by atoms with Gasteiger partial charge < -0.3 is 5.32 Å². The highest BCUT2D eigenvalue weighted by Gasteiger charge is 2.25. The van der Waals surface area contributed by atoms with E-state index in [1.54, 1.807) is 0 Å². The SMILES string of the molecule is CCC(CC)(CC)Nc1ncc(Cl)cc1F. The van der Waals surface area contributed by atoms with Crippen molar-refractivity contribution in [2.75, 3.05) is 5.32 Å². The van der Waals surface area contributed by atoms with Gasteiger partial charge in [0.25, 0.3) is 0 Å². The Morgan fingerprint density at radius 2 is 1.88 bits per heavy atom. The summed E-state index contributed by atoms with van der Waals surface area (Å²) in [4.78, 5) is 3.99. The van der Waals surface area contributed by atoms with E-state index in [0.29, 0.717) is 5.02 Å². The summed E-state index contributed by atoms with van der Waals surface area (Å²) in [5, 5.41) is 3.51. The van der Waals surface area contributed by atoms with Crippen molar-refractivity contribution in [3.05, 3.63) is 23.1 Å². The van der Waals surface area contributed by atoms with Crippen LogP contribution in [0.4, 0.5) is 10.2 Å². The average molecular weight is 245 g/mol. The number of aromatic nitrogens is 1. The standard InChI is InChI=1S/C12H18ClFN2/c1-4-12(5-2,6-3)16-11-10(14)7-9(13)8-15-11/h7-8H,4-6H2,1-3H3,(H,15,16). The van der Waals surface area contributed by atoms with Gasteiger partial charge in [-0.15, -0.1) is 0 Å². The Morgan fingerprint density at radius 1 is 1.31 bits per heavy atom.